The van der Waals surface area contributed by atoms with Gasteiger partial charge in [0.2, 0.25) is 5.91 Å². The monoisotopic (exact) mass is 732 g/mol. The first kappa shape index (κ1) is 49.2. The van der Waals surface area contributed by atoms with Gasteiger partial charge in [0, 0.05) is 6.42 Å². The van der Waals surface area contributed by atoms with Crippen molar-refractivity contribution in [1.82, 2.24) is 5.32 Å². The van der Waals surface area contributed by atoms with E-state index < -0.39 is 20.0 Å². The summed E-state index contributed by atoms with van der Waals surface area (Å²) in [5, 5.41) is 13.8. The van der Waals surface area contributed by atoms with Gasteiger partial charge in [-0.05, 0) is 19.3 Å². The molecule has 0 rings (SSSR count). The number of allylic oxidation sites excluding steroid dienone is 1. The van der Waals surface area contributed by atoms with Crippen LogP contribution in [0.2, 0.25) is 0 Å². The molecular formula is C41H84N2O6P+. The maximum absolute atomic E-state index is 12.8. The van der Waals surface area contributed by atoms with E-state index in [-0.39, 0.29) is 19.1 Å². The maximum Gasteiger partial charge on any atom is 0.472 e. The molecule has 298 valence electrons. The number of aliphatic hydroxyl groups excluding tert-OH is 1. The van der Waals surface area contributed by atoms with Crippen molar-refractivity contribution in [3.63, 3.8) is 0 Å². The molecule has 0 saturated heterocycles. The number of carbonyl (C=O) groups is 1. The Balaban J connectivity index is 4.46. The zero-order valence-electron chi connectivity index (χ0n) is 33.7. The Morgan fingerprint density at radius 1 is 0.660 bits per heavy atom. The quantitative estimate of drug-likeness (QED) is 0.0253. The molecular weight excluding hydrogens is 647 g/mol. The second-order valence-corrected chi connectivity index (χ2v) is 17.2. The summed E-state index contributed by atoms with van der Waals surface area (Å²) in [4.78, 5) is 23.0. The molecule has 0 aromatic heterocycles. The summed E-state index contributed by atoms with van der Waals surface area (Å²) in [5.41, 5.74) is 0. The number of unbranched alkanes of at least 4 members (excludes halogenated alkanes) is 25. The molecule has 0 aliphatic heterocycles. The SMILES string of the molecule is CCCCCCCCCCCCCC/C=C/C(O)C(COP(=O)(O)OCC[N+](C)(C)C)NC(=O)CCCCCCCCCCCCCCCC. The highest BCUT2D eigenvalue weighted by molar-refractivity contribution is 7.47. The van der Waals surface area contributed by atoms with Gasteiger partial charge in [-0.2, -0.15) is 0 Å². The summed E-state index contributed by atoms with van der Waals surface area (Å²) in [6.45, 7) is 4.81. The van der Waals surface area contributed by atoms with Gasteiger partial charge in [-0.15, -0.1) is 0 Å². The number of phosphoric acid groups is 1. The van der Waals surface area contributed by atoms with Crippen molar-refractivity contribution in [1.29, 1.82) is 0 Å². The number of rotatable bonds is 38. The Kier molecular flexibility index (Phi) is 33.5. The van der Waals surface area contributed by atoms with E-state index in [0.717, 1.165) is 38.5 Å². The zero-order valence-corrected chi connectivity index (χ0v) is 34.5. The third-order valence-electron chi connectivity index (χ3n) is 9.51. The van der Waals surface area contributed by atoms with Crippen LogP contribution in [0.1, 0.15) is 194 Å². The molecule has 0 fully saturated rings. The summed E-state index contributed by atoms with van der Waals surface area (Å²) in [7, 11) is 1.58. The molecule has 8 nitrogen and oxygen atoms in total. The summed E-state index contributed by atoms with van der Waals surface area (Å²) >= 11 is 0. The lowest BCUT2D eigenvalue weighted by atomic mass is 10.0. The number of carbonyl (C=O) groups excluding carboxylic acids is 1. The van der Waals surface area contributed by atoms with Crippen molar-refractivity contribution in [2.75, 3.05) is 40.9 Å². The zero-order chi connectivity index (χ0) is 37.2. The van der Waals surface area contributed by atoms with Crippen LogP contribution in [0.25, 0.3) is 0 Å². The Bertz CT molecular complexity index is 834. The van der Waals surface area contributed by atoms with Crippen LogP contribution < -0.4 is 5.32 Å². The molecule has 0 spiro atoms. The molecule has 0 bridgehead atoms. The molecule has 3 N–H and O–H groups in total. The average Bonchev–Trinajstić information content (AvgIpc) is 3.06. The lowest BCUT2D eigenvalue weighted by Crippen LogP contribution is -2.45. The predicted octanol–water partition coefficient (Wildman–Crippen LogP) is 11.2. The van der Waals surface area contributed by atoms with Crippen LogP contribution in [-0.2, 0) is 18.4 Å². The summed E-state index contributed by atoms with van der Waals surface area (Å²) < 4.78 is 23.5. The lowest BCUT2D eigenvalue weighted by molar-refractivity contribution is -0.870. The predicted molar refractivity (Wildman–Crippen MR) is 212 cm³/mol. The molecule has 0 aromatic rings. The van der Waals surface area contributed by atoms with Crippen LogP contribution in [0.15, 0.2) is 12.2 Å². The number of hydrogen-bond acceptors (Lipinski definition) is 5. The summed E-state index contributed by atoms with van der Waals surface area (Å²) in [5.74, 6) is -0.176. The number of phosphoric ester groups is 1. The Morgan fingerprint density at radius 3 is 1.48 bits per heavy atom. The molecule has 9 heteroatoms. The first-order valence-corrected chi connectivity index (χ1v) is 22.6. The van der Waals surface area contributed by atoms with Gasteiger partial charge in [-0.3, -0.25) is 13.8 Å². The lowest BCUT2D eigenvalue weighted by Gasteiger charge is -2.25. The van der Waals surface area contributed by atoms with E-state index in [9.17, 15) is 19.4 Å². The number of aliphatic hydroxyl groups is 1. The molecule has 0 aromatic carbocycles. The number of nitrogens with one attached hydrogen (secondary N) is 1. The third kappa shape index (κ3) is 35.6. The molecule has 0 aliphatic carbocycles. The summed E-state index contributed by atoms with van der Waals surface area (Å²) in [6.07, 6.45) is 36.9. The summed E-state index contributed by atoms with van der Waals surface area (Å²) in [6, 6.07) is -0.838. The van der Waals surface area contributed by atoms with Crippen molar-refractivity contribution in [3.05, 3.63) is 12.2 Å². The normalized spacial score (nSPS) is 14.6. The van der Waals surface area contributed by atoms with Crippen LogP contribution in [0.5, 0.6) is 0 Å². The fourth-order valence-corrected chi connectivity index (χ4v) is 6.84. The highest BCUT2D eigenvalue weighted by Gasteiger charge is 2.27. The number of hydrogen-bond donors (Lipinski definition) is 3. The third-order valence-corrected chi connectivity index (χ3v) is 10.5. The molecule has 3 unspecified atom stereocenters. The Hall–Kier alpha value is -0.760. The molecule has 1 amide bonds. The number of amides is 1. The standard InChI is InChI=1S/C41H83N2O6P/c1-6-8-10-12-14-16-18-20-22-24-26-28-30-32-34-40(44)39(38-49-50(46,47)48-37-36-43(3,4)5)42-41(45)35-33-31-29-27-25-23-21-19-17-15-13-11-9-7-2/h32,34,39-40,44H,6-31,33,35-38H2,1-5H3,(H-,42,45,46,47)/p+1/b34-32+. The van der Waals surface area contributed by atoms with E-state index in [4.69, 9.17) is 9.05 Å². The van der Waals surface area contributed by atoms with Crippen LogP contribution in [0, 0.1) is 0 Å². The van der Waals surface area contributed by atoms with Gasteiger partial charge in [0.25, 0.3) is 0 Å². The largest absolute Gasteiger partial charge is 0.472 e. The van der Waals surface area contributed by atoms with E-state index in [1.54, 1.807) is 6.08 Å². The fraction of sp³-hybridized carbons (Fsp3) is 0.927. The second kappa shape index (κ2) is 34.0. The minimum Gasteiger partial charge on any atom is -0.387 e. The van der Waals surface area contributed by atoms with E-state index in [2.05, 4.69) is 19.2 Å². The first-order valence-electron chi connectivity index (χ1n) is 21.1. The number of likely N-dealkylation sites (N-methyl/N-ethyl adjacent to an activating group) is 1. The van der Waals surface area contributed by atoms with Gasteiger partial charge >= 0.3 is 7.82 Å². The van der Waals surface area contributed by atoms with Crippen molar-refractivity contribution in [2.24, 2.45) is 0 Å². The van der Waals surface area contributed by atoms with Crippen molar-refractivity contribution >= 4 is 13.7 Å². The van der Waals surface area contributed by atoms with E-state index in [1.807, 2.05) is 27.2 Å². The van der Waals surface area contributed by atoms with E-state index in [1.165, 1.54) is 135 Å². The van der Waals surface area contributed by atoms with Crippen molar-refractivity contribution in [2.45, 2.75) is 206 Å². The molecule has 0 heterocycles. The Labute approximate surface area is 310 Å². The van der Waals surface area contributed by atoms with Crippen LogP contribution in [-0.4, -0.2) is 73.4 Å². The molecule has 0 saturated carbocycles. The first-order chi connectivity index (χ1) is 24.0. The van der Waals surface area contributed by atoms with Gasteiger partial charge in [0.05, 0.1) is 39.9 Å². The minimum atomic E-state index is -4.33. The number of nitrogens with zero attached hydrogens (tertiary/aromatic N) is 1. The molecule has 0 radical (unpaired) electrons. The van der Waals surface area contributed by atoms with Crippen molar-refractivity contribution in [3.8, 4) is 0 Å². The van der Waals surface area contributed by atoms with Gasteiger partial charge in [0.15, 0.2) is 0 Å². The molecule has 50 heavy (non-hydrogen) atoms. The highest BCUT2D eigenvalue weighted by Crippen LogP contribution is 2.43. The average molecular weight is 732 g/mol. The molecule has 3 atom stereocenters. The van der Waals surface area contributed by atoms with Gasteiger partial charge in [0.1, 0.15) is 13.2 Å². The maximum atomic E-state index is 12.8. The van der Waals surface area contributed by atoms with E-state index in [0.29, 0.717) is 17.4 Å². The fourth-order valence-electron chi connectivity index (χ4n) is 6.10. The number of quaternary nitrogens is 1. The molecule has 0 aliphatic rings. The van der Waals surface area contributed by atoms with Gasteiger partial charge < -0.3 is 19.8 Å². The topological polar surface area (TPSA) is 105 Å². The highest BCUT2D eigenvalue weighted by atomic mass is 31.2. The van der Waals surface area contributed by atoms with E-state index >= 15 is 0 Å². The smallest absolute Gasteiger partial charge is 0.387 e. The van der Waals surface area contributed by atoms with Gasteiger partial charge in [-0.25, -0.2) is 4.57 Å². The van der Waals surface area contributed by atoms with Crippen molar-refractivity contribution < 1.29 is 32.9 Å². The van der Waals surface area contributed by atoms with Crippen LogP contribution in [0.3, 0.4) is 0 Å². The van der Waals surface area contributed by atoms with Crippen LogP contribution >= 0.6 is 7.82 Å². The Morgan fingerprint density at radius 2 is 1.06 bits per heavy atom. The second-order valence-electron chi connectivity index (χ2n) is 15.7. The van der Waals surface area contributed by atoms with Gasteiger partial charge in [-0.1, -0.05) is 180 Å². The minimum absolute atomic E-state index is 0.0644. The van der Waals surface area contributed by atoms with Crippen LogP contribution in [0.4, 0.5) is 0 Å².